The minimum Gasteiger partial charge on any atom is -0.389 e. The molecule has 3 N–H and O–H groups in total. The third-order valence-electron chi connectivity index (χ3n) is 2.69. The molecule has 2 aromatic rings. The zero-order chi connectivity index (χ0) is 13.8. The van der Waals surface area contributed by atoms with Gasteiger partial charge in [-0.25, -0.2) is 0 Å². The van der Waals surface area contributed by atoms with Crippen molar-refractivity contribution in [1.82, 2.24) is 4.98 Å². The number of carbonyl (C=O) groups is 1. The lowest BCUT2D eigenvalue weighted by atomic mass is 10.1. The first kappa shape index (κ1) is 13.2. The summed E-state index contributed by atoms with van der Waals surface area (Å²) in [5, 5.41) is 2.83. The normalized spacial score (nSPS) is 9.95. The second-order valence-electron chi connectivity index (χ2n) is 4.09. The molecule has 0 saturated carbocycles. The summed E-state index contributed by atoms with van der Waals surface area (Å²) < 4.78 is 0. The van der Waals surface area contributed by atoms with Gasteiger partial charge >= 0.3 is 0 Å². The molecule has 0 aliphatic heterocycles. The molecular formula is C14H13N3OS. The van der Waals surface area contributed by atoms with Gasteiger partial charge in [0.1, 0.15) is 4.99 Å². The fourth-order valence-corrected chi connectivity index (χ4v) is 1.73. The van der Waals surface area contributed by atoms with Crippen LogP contribution in [0.2, 0.25) is 0 Å². The molecule has 0 spiro atoms. The Morgan fingerprint density at radius 1 is 1.32 bits per heavy atom. The highest BCUT2D eigenvalue weighted by Gasteiger charge is 2.08. The smallest absolute Gasteiger partial charge is 0.257 e. The molecule has 0 aliphatic carbocycles. The molecule has 0 atom stereocenters. The summed E-state index contributed by atoms with van der Waals surface area (Å²) in [6.07, 6.45) is 3.14. The highest BCUT2D eigenvalue weighted by molar-refractivity contribution is 7.80. The molecule has 0 unspecified atom stereocenters. The molecule has 1 aromatic heterocycles. The highest BCUT2D eigenvalue weighted by Crippen LogP contribution is 2.17. The van der Waals surface area contributed by atoms with Gasteiger partial charge in [-0.15, -0.1) is 0 Å². The number of rotatable bonds is 3. The standard InChI is InChI=1S/C14H13N3OS/c1-9-4-5-10(13(15)19)7-12(9)17-14(18)11-3-2-6-16-8-11/h2-8H,1H3,(H2,15,19)(H,17,18). The number of nitrogens with two attached hydrogens (primary N) is 1. The minimum absolute atomic E-state index is 0.212. The molecule has 0 aliphatic rings. The lowest BCUT2D eigenvalue weighted by molar-refractivity contribution is 0.102. The van der Waals surface area contributed by atoms with Gasteiger partial charge in [0.05, 0.1) is 5.56 Å². The van der Waals surface area contributed by atoms with Crippen LogP contribution in [0.15, 0.2) is 42.7 Å². The van der Waals surface area contributed by atoms with Crippen LogP contribution in [0.1, 0.15) is 21.5 Å². The van der Waals surface area contributed by atoms with Gasteiger partial charge in [-0.3, -0.25) is 9.78 Å². The number of aryl methyl sites for hydroxylation is 1. The van der Waals surface area contributed by atoms with Crippen LogP contribution in [0.5, 0.6) is 0 Å². The van der Waals surface area contributed by atoms with E-state index in [0.29, 0.717) is 16.2 Å². The molecule has 0 bridgehead atoms. The third kappa shape index (κ3) is 3.14. The van der Waals surface area contributed by atoms with Crippen LogP contribution in [0.4, 0.5) is 5.69 Å². The number of hydrogen-bond acceptors (Lipinski definition) is 3. The first-order chi connectivity index (χ1) is 9.08. The second kappa shape index (κ2) is 5.58. The number of carbonyl (C=O) groups excluding carboxylic acids is 1. The van der Waals surface area contributed by atoms with Gasteiger partial charge in [0.2, 0.25) is 0 Å². The van der Waals surface area contributed by atoms with E-state index >= 15 is 0 Å². The SMILES string of the molecule is Cc1ccc(C(N)=S)cc1NC(=O)c1cccnc1. The zero-order valence-electron chi connectivity index (χ0n) is 10.4. The zero-order valence-corrected chi connectivity index (χ0v) is 11.2. The highest BCUT2D eigenvalue weighted by atomic mass is 32.1. The van der Waals surface area contributed by atoms with Crippen LogP contribution < -0.4 is 11.1 Å². The van der Waals surface area contributed by atoms with Crippen molar-refractivity contribution in [3.8, 4) is 0 Å². The number of hydrogen-bond donors (Lipinski definition) is 2. The maximum atomic E-state index is 12.0. The number of thiocarbonyl (C=S) groups is 1. The molecule has 1 amide bonds. The van der Waals surface area contributed by atoms with Gasteiger partial charge < -0.3 is 11.1 Å². The summed E-state index contributed by atoms with van der Waals surface area (Å²) >= 11 is 4.93. The van der Waals surface area contributed by atoms with Crippen molar-refractivity contribution in [2.45, 2.75) is 6.92 Å². The number of aromatic nitrogens is 1. The summed E-state index contributed by atoms with van der Waals surface area (Å²) in [6, 6.07) is 8.89. The van der Waals surface area contributed by atoms with Gasteiger partial charge in [-0.05, 0) is 30.7 Å². The molecule has 19 heavy (non-hydrogen) atoms. The molecule has 1 aromatic carbocycles. The van der Waals surface area contributed by atoms with E-state index in [1.165, 1.54) is 6.20 Å². The maximum Gasteiger partial charge on any atom is 0.257 e. The van der Waals surface area contributed by atoms with E-state index in [1.807, 2.05) is 19.1 Å². The monoisotopic (exact) mass is 271 g/mol. The van der Waals surface area contributed by atoms with Gasteiger partial charge in [0.25, 0.3) is 5.91 Å². The van der Waals surface area contributed by atoms with Crippen LogP contribution >= 0.6 is 12.2 Å². The summed E-state index contributed by atoms with van der Waals surface area (Å²) in [5.74, 6) is -0.212. The lowest BCUT2D eigenvalue weighted by Crippen LogP contribution is -2.15. The van der Waals surface area contributed by atoms with Gasteiger partial charge in [0.15, 0.2) is 0 Å². The van der Waals surface area contributed by atoms with Crippen LogP contribution in [0, 0.1) is 6.92 Å². The van der Waals surface area contributed by atoms with Crippen LogP contribution in [0.3, 0.4) is 0 Å². The molecule has 0 radical (unpaired) electrons. The van der Waals surface area contributed by atoms with E-state index in [1.54, 1.807) is 24.4 Å². The molecule has 2 rings (SSSR count). The number of amides is 1. The van der Waals surface area contributed by atoms with E-state index in [0.717, 1.165) is 11.1 Å². The van der Waals surface area contributed by atoms with Gasteiger partial charge in [-0.1, -0.05) is 24.4 Å². The van der Waals surface area contributed by atoms with Crippen molar-refractivity contribution in [2.75, 3.05) is 5.32 Å². The number of anilines is 1. The molecule has 4 nitrogen and oxygen atoms in total. The average Bonchev–Trinajstić information content (AvgIpc) is 2.42. The van der Waals surface area contributed by atoms with Crippen molar-refractivity contribution in [2.24, 2.45) is 5.73 Å². The Hall–Kier alpha value is -2.27. The van der Waals surface area contributed by atoms with Gasteiger partial charge in [-0.2, -0.15) is 0 Å². The fraction of sp³-hybridized carbons (Fsp3) is 0.0714. The Labute approximate surface area is 116 Å². The van der Waals surface area contributed by atoms with E-state index < -0.39 is 0 Å². The van der Waals surface area contributed by atoms with Crippen molar-refractivity contribution in [1.29, 1.82) is 0 Å². The fourth-order valence-electron chi connectivity index (χ4n) is 1.60. The second-order valence-corrected chi connectivity index (χ2v) is 4.53. The summed E-state index contributed by atoms with van der Waals surface area (Å²) in [7, 11) is 0. The van der Waals surface area contributed by atoms with E-state index in [9.17, 15) is 4.79 Å². The van der Waals surface area contributed by atoms with E-state index in [2.05, 4.69) is 10.3 Å². The first-order valence-corrected chi connectivity index (χ1v) is 6.10. The molecule has 0 fully saturated rings. The topological polar surface area (TPSA) is 68.0 Å². The van der Waals surface area contributed by atoms with Crippen molar-refractivity contribution < 1.29 is 4.79 Å². The van der Waals surface area contributed by atoms with Crippen molar-refractivity contribution in [3.05, 3.63) is 59.4 Å². The Morgan fingerprint density at radius 3 is 2.74 bits per heavy atom. The number of nitrogens with zero attached hydrogens (tertiary/aromatic N) is 1. The first-order valence-electron chi connectivity index (χ1n) is 5.70. The van der Waals surface area contributed by atoms with Crippen molar-refractivity contribution >= 4 is 28.8 Å². The summed E-state index contributed by atoms with van der Waals surface area (Å²) in [4.78, 5) is 16.2. The maximum absolute atomic E-state index is 12.0. The number of pyridine rings is 1. The summed E-state index contributed by atoms with van der Waals surface area (Å²) in [5.41, 5.74) is 8.45. The Balaban J connectivity index is 2.26. The Kier molecular flexibility index (Phi) is 3.87. The predicted molar refractivity (Wildman–Crippen MR) is 79.3 cm³/mol. The predicted octanol–water partition coefficient (Wildman–Crippen LogP) is 2.28. The van der Waals surface area contributed by atoms with Crippen LogP contribution in [-0.4, -0.2) is 15.9 Å². The van der Waals surface area contributed by atoms with Gasteiger partial charge in [0, 0.05) is 23.6 Å². The lowest BCUT2D eigenvalue weighted by Gasteiger charge is -2.10. The number of benzene rings is 1. The van der Waals surface area contributed by atoms with Crippen LogP contribution in [-0.2, 0) is 0 Å². The Morgan fingerprint density at radius 2 is 2.11 bits per heavy atom. The molecule has 0 saturated heterocycles. The number of nitrogens with one attached hydrogen (secondary N) is 1. The quantitative estimate of drug-likeness (QED) is 0.840. The molecular weight excluding hydrogens is 258 g/mol. The largest absolute Gasteiger partial charge is 0.389 e. The summed E-state index contributed by atoms with van der Waals surface area (Å²) in [6.45, 7) is 1.90. The molecule has 5 heteroatoms. The Bertz CT molecular complexity index is 626. The van der Waals surface area contributed by atoms with Crippen LogP contribution in [0.25, 0.3) is 0 Å². The third-order valence-corrected chi connectivity index (χ3v) is 2.93. The van der Waals surface area contributed by atoms with Crippen molar-refractivity contribution in [3.63, 3.8) is 0 Å². The minimum atomic E-state index is -0.212. The van der Waals surface area contributed by atoms with E-state index in [4.69, 9.17) is 18.0 Å². The van der Waals surface area contributed by atoms with E-state index in [-0.39, 0.29) is 5.91 Å². The average molecular weight is 271 g/mol. The molecule has 1 heterocycles. The molecule has 96 valence electrons.